The topological polar surface area (TPSA) is 68.3 Å². The first-order valence-corrected chi connectivity index (χ1v) is 10.6. The van der Waals surface area contributed by atoms with E-state index in [2.05, 4.69) is 9.80 Å². The summed E-state index contributed by atoms with van der Waals surface area (Å²) in [6.07, 6.45) is 0. The minimum Gasteiger partial charge on any atom is -0.492 e. The first-order valence-electron chi connectivity index (χ1n) is 10.6. The molecule has 0 amide bonds. The van der Waals surface area contributed by atoms with Crippen molar-refractivity contribution in [2.75, 3.05) is 54.5 Å². The molecule has 168 valence electrons. The summed E-state index contributed by atoms with van der Waals surface area (Å²) in [4.78, 5) is 17.1. The number of carbonyl (C=O) groups is 1. The van der Waals surface area contributed by atoms with Crippen LogP contribution in [-0.4, -0.2) is 70.1 Å². The first kappa shape index (κ1) is 21.9. The smallest absolute Gasteiger partial charge is 0.263 e. The van der Waals surface area contributed by atoms with Gasteiger partial charge in [0.05, 0.1) is 0 Å². The lowest BCUT2D eigenvalue weighted by Gasteiger charge is -2.10. The molecule has 0 spiro atoms. The Bertz CT molecular complexity index is 1130. The van der Waals surface area contributed by atoms with Crippen molar-refractivity contribution >= 4 is 27.7 Å². The number of ether oxygens (including phenoxy) is 2. The zero-order valence-electron chi connectivity index (χ0n) is 18.9. The molecule has 0 radical (unpaired) electrons. The number of carbonyl (C=O) groups excluding carboxylic acids is 1. The zero-order chi connectivity index (χ0) is 22.7. The van der Waals surface area contributed by atoms with E-state index in [0.717, 1.165) is 23.9 Å². The summed E-state index contributed by atoms with van der Waals surface area (Å²) in [5.74, 6) is 1.57. The van der Waals surface area contributed by atoms with Crippen LogP contribution in [0.4, 0.5) is 0 Å². The molecule has 0 unspecified atom stereocenters. The summed E-state index contributed by atoms with van der Waals surface area (Å²) < 4.78 is 23.1. The fraction of sp³-hybridized carbons (Fsp3) is 0.320. The molecule has 0 aliphatic rings. The molecule has 7 heteroatoms. The van der Waals surface area contributed by atoms with Crippen LogP contribution >= 0.6 is 0 Å². The number of fused-ring (bicyclic) bond motifs is 2. The lowest BCUT2D eigenvalue weighted by atomic mass is 10.2. The molecule has 0 bridgehead atoms. The van der Waals surface area contributed by atoms with E-state index in [9.17, 15) is 4.79 Å². The van der Waals surface area contributed by atoms with E-state index < -0.39 is 0 Å². The van der Waals surface area contributed by atoms with Crippen LogP contribution in [-0.2, 0) is 0 Å². The highest BCUT2D eigenvalue weighted by molar-refractivity contribution is 6.09. The van der Waals surface area contributed by atoms with Crippen LogP contribution in [0.3, 0.4) is 0 Å². The fourth-order valence-electron chi connectivity index (χ4n) is 3.24. The Labute approximate surface area is 187 Å². The van der Waals surface area contributed by atoms with Gasteiger partial charge in [-0.25, -0.2) is 0 Å². The Hall–Kier alpha value is -3.29. The van der Waals surface area contributed by atoms with E-state index >= 15 is 0 Å². The highest BCUT2D eigenvalue weighted by Crippen LogP contribution is 2.29. The minimum absolute atomic E-state index is 0.229. The van der Waals surface area contributed by atoms with Crippen LogP contribution in [0.2, 0.25) is 0 Å². The van der Waals surface area contributed by atoms with Crippen molar-refractivity contribution in [1.29, 1.82) is 0 Å². The highest BCUT2D eigenvalue weighted by atomic mass is 16.5. The average Bonchev–Trinajstić information content (AvgIpc) is 3.36. The molecule has 7 nitrogen and oxygen atoms in total. The van der Waals surface area contributed by atoms with Crippen LogP contribution < -0.4 is 9.47 Å². The van der Waals surface area contributed by atoms with Gasteiger partial charge in [-0.3, -0.25) is 4.79 Å². The van der Waals surface area contributed by atoms with Crippen molar-refractivity contribution in [1.82, 2.24) is 9.80 Å². The van der Waals surface area contributed by atoms with Crippen molar-refractivity contribution in [3.63, 3.8) is 0 Å². The molecule has 0 atom stereocenters. The summed E-state index contributed by atoms with van der Waals surface area (Å²) in [5.41, 5.74) is 1.20. The summed E-state index contributed by atoms with van der Waals surface area (Å²) in [6, 6.07) is 14.6. The number of likely N-dealkylation sites (N-methyl/N-ethyl adjacent to an activating group) is 2. The Morgan fingerprint density at radius 1 is 0.719 bits per heavy atom. The van der Waals surface area contributed by atoms with E-state index in [1.807, 2.05) is 52.5 Å². The van der Waals surface area contributed by atoms with Gasteiger partial charge < -0.3 is 28.1 Å². The van der Waals surface area contributed by atoms with E-state index in [1.165, 1.54) is 0 Å². The normalized spacial score (nSPS) is 11.7. The maximum Gasteiger partial charge on any atom is 0.263 e. The second kappa shape index (κ2) is 9.46. The summed E-state index contributed by atoms with van der Waals surface area (Å²) >= 11 is 0. The standard InChI is InChI=1S/C25H28N2O5/c1-26(2)9-11-29-19-7-5-17-13-23(31-21(17)15-19)25(28)24-14-18-6-8-20(16-22(18)32-24)30-12-10-27(3)4/h5-8,13-16H,9-12H2,1-4H3. The third kappa shape index (κ3) is 5.12. The second-order valence-corrected chi connectivity index (χ2v) is 8.25. The Kier molecular flexibility index (Phi) is 6.48. The number of benzene rings is 2. The minimum atomic E-state index is -0.303. The summed E-state index contributed by atoms with van der Waals surface area (Å²) in [5, 5.41) is 1.67. The molecular weight excluding hydrogens is 408 g/mol. The van der Waals surface area contributed by atoms with Crippen LogP contribution in [0.25, 0.3) is 21.9 Å². The fourth-order valence-corrected chi connectivity index (χ4v) is 3.24. The van der Waals surface area contributed by atoms with Crippen LogP contribution in [0.15, 0.2) is 57.4 Å². The molecule has 4 aromatic rings. The van der Waals surface area contributed by atoms with Gasteiger partial charge in [-0.2, -0.15) is 0 Å². The van der Waals surface area contributed by atoms with Crippen LogP contribution in [0, 0.1) is 0 Å². The third-order valence-corrected chi connectivity index (χ3v) is 5.05. The van der Waals surface area contributed by atoms with Crippen LogP contribution in [0.5, 0.6) is 11.5 Å². The molecular formula is C25H28N2O5. The molecule has 2 aromatic carbocycles. The number of furan rings is 2. The van der Waals surface area contributed by atoms with Crippen molar-refractivity contribution in [2.24, 2.45) is 0 Å². The first-order chi connectivity index (χ1) is 15.4. The van der Waals surface area contributed by atoms with E-state index in [0.29, 0.717) is 35.9 Å². The predicted octanol–water partition coefficient (Wildman–Crippen LogP) is 4.29. The van der Waals surface area contributed by atoms with Gasteiger partial charge in [-0.05, 0) is 64.6 Å². The van der Waals surface area contributed by atoms with Gasteiger partial charge >= 0.3 is 0 Å². The monoisotopic (exact) mass is 436 g/mol. The molecule has 0 aliphatic heterocycles. The molecule has 32 heavy (non-hydrogen) atoms. The Morgan fingerprint density at radius 2 is 1.16 bits per heavy atom. The largest absolute Gasteiger partial charge is 0.492 e. The average molecular weight is 437 g/mol. The van der Waals surface area contributed by atoms with Crippen LogP contribution in [0.1, 0.15) is 16.3 Å². The van der Waals surface area contributed by atoms with Crippen molar-refractivity contribution in [3.05, 3.63) is 60.1 Å². The quantitative estimate of drug-likeness (QED) is 0.344. The van der Waals surface area contributed by atoms with Gasteiger partial charge in [-0.1, -0.05) is 0 Å². The summed E-state index contributed by atoms with van der Waals surface area (Å²) in [7, 11) is 7.98. The Morgan fingerprint density at radius 3 is 1.56 bits per heavy atom. The number of ketones is 1. The molecule has 0 aliphatic carbocycles. The van der Waals surface area contributed by atoms with Crippen molar-refractivity contribution in [3.8, 4) is 11.5 Å². The summed E-state index contributed by atoms with van der Waals surface area (Å²) in [6.45, 7) is 2.78. The molecule has 0 saturated heterocycles. The van der Waals surface area contributed by atoms with Gasteiger partial charge in [0, 0.05) is 36.0 Å². The maximum absolute atomic E-state index is 13.0. The predicted molar refractivity (Wildman–Crippen MR) is 124 cm³/mol. The molecule has 0 saturated carbocycles. The lowest BCUT2D eigenvalue weighted by Crippen LogP contribution is -2.19. The van der Waals surface area contributed by atoms with Gasteiger partial charge in [0.1, 0.15) is 35.9 Å². The second-order valence-electron chi connectivity index (χ2n) is 8.25. The van der Waals surface area contributed by atoms with E-state index in [4.69, 9.17) is 18.3 Å². The zero-order valence-corrected chi connectivity index (χ0v) is 18.9. The van der Waals surface area contributed by atoms with E-state index in [1.54, 1.807) is 24.3 Å². The highest BCUT2D eigenvalue weighted by Gasteiger charge is 2.19. The molecule has 0 fully saturated rings. The lowest BCUT2D eigenvalue weighted by molar-refractivity contribution is 0.0987. The van der Waals surface area contributed by atoms with Gasteiger partial charge in [0.25, 0.3) is 5.78 Å². The molecule has 2 heterocycles. The number of nitrogens with zero attached hydrogens (tertiary/aromatic N) is 2. The molecule has 2 aromatic heterocycles. The van der Waals surface area contributed by atoms with Crippen molar-refractivity contribution < 1.29 is 23.1 Å². The number of hydrogen-bond donors (Lipinski definition) is 0. The van der Waals surface area contributed by atoms with Gasteiger partial charge in [0.15, 0.2) is 11.5 Å². The molecule has 0 N–H and O–H groups in total. The number of rotatable bonds is 10. The van der Waals surface area contributed by atoms with Gasteiger partial charge in [-0.15, -0.1) is 0 Å². The molecule has 4 rings (SSSR count). The van der Waals surface area contributed by atoms with Gasteiger partial charge in [0.2, 0.25) is 0 Å². The SMILES string of the molecule is CN(C)CCOc1ccc2cc(C(=O)c3cc4ccc(OCCN(C)C)cc4o3)oc2c1. The number of hydrogen-bond acceptors (Lipinski definition) is 7. The third-order valence-electron chi connectivity index (χ3n) is 5.05. The maximum atomic E-state index is 13.0. The Balaban J connectivity index is 1.50. The van der Waals surface area contributed by atoms with E-state index in [-0.39, 0.29) is 17.3 Å². The van der Waals surface area contributed by atoms with Crippen molar-refractivity contribution in [2.45, 2.75) is 0 Å².